The number of ether oxygens (including phenoxy) is 3. The van der Waals surface area contributed by atoms with Crippen LogP contribution in [0.2, 0.25) is 0 Å². The van der Waals surface area contributed by atoms with Gasteiger partial charge in [-0.3, -0.25) is 4.79 Å². The zero-order chi connectivity index (χ0) is 15.8. The first-order chi connectivity index (χ1) is 10.8. The average molecular weight is 298 g/mol. The topological polar surface area (TPSA) is 44.8 Å². The van der Waals surface area contributed by atoms with Crippen molar-refractivity contribution in [1.29, 1.82) is 0 Å². The Hall–Kier alpha value is -2.75. The summed E-state index contributed by atoms with van der Waals surface area (Å²) in [5, 5.41) is 0. The molecule has 4 nitrogen and oxygen atoms in total. The van der Waals surface area contributed by atoms with Gasteiger partial charge in [0, 0.05) is 6.07 Å². The van der Waals surface area contributed by atoms with Crippen molar-refractivity contribution in [3.63, 3.8) is 0 Å². The van der Waals surface area contributed by atoms with Crippen LogP contribution < -0.4 is 14.2 Å². The molecule has 0 N–H and O–H groups in total. The van der Waals surface area contributed by atoms with Gasteiger partial charge in [-0.05, 0) is 17.7 Å². The number of aldehydes is 1. The van der Waals surface area contributed by atoms with E-state index in [0.29, 0.717) is 29.4 Å². The monoisotopic (exact) mass is 298 g/mol. The minimum atomic E-state index is 0.352. The molecular weight excluding hydrogens is 280 g/mol. The lowest BCUT2D eigenvalue weighted by atomic mass is 10.2. The third-order valence-corrected chi connectivity index (χ3v) is 3.09. The lowest BCUT2D eigenvalue weighted by Crippen LogP contribution is -2.00. The smallest absolute Gasteiger partial charge is 0.164 e. The molecule has 2 aromatic carbocycles. The molecule has 0 amide bonds. The third-order valence-electron chi connectivity index (χ3n) is 3.09. The Kier molecular flexibility index (Phi) is 5.60. The van der Waals surface area contributed by atoms with E-state index in [0.717, 1.165) is 11.8 Å². The summed E-state index contributed by atoms with van der Waals surface area (Å²) in [7, 11) is 3.06. The van der Waals surface area contributed by atoms with Crippen LogP contribution in [0.25, 0.3) is 6.08 Å². The van der Waals surface area contributed by atoms with Crippen molar-refractivity contribution in [3.05, 3.63) is 59.7 Å². The molecule has 0 aliphatic rings. The number of benzene rings is 2. The lowest BCUT2D eigenvalue weighted by molar-refractivity contribution is 0.111. The second-order valence-corrected chi connectivity index (χ2v) is 4.49. The maximum atomic E-state index is 11.2. The van der Waals surface area contributed by atoms with E-state index in [2.05, 4.69) is 0 Å². The van der Waals surface area contributed by atoms with E-state index < -0.39 is 0 Å². The Morgan fingerprint density at radius 3 is 2.27 bits per heavy atom. The van der Waals surface area contributed by atoms with Crippen LogP contribution in [0, 0.1) is 0 Å². The van der Waals surface area contributed by atoms with Gasteiger partial charge < -0.3 is 14.2 Å². The van der Waals surface area contributed by atoms with Crippen LogP contribution >= 0.6 is 0 Å². The van der Waals surface area contributed by atoms with Crippen molar-refractivity contribution in [3.8, 4) is 17.2 Å². The van der Waals surface area contributed by atoms with E-state index in [1.807, 2.05) is 42.5 Å². The molecular formula is C18H18O4. The van der Waals surface area contributed by atoms with E-state index in [-0.39, 0.29) is 0 Å². The molecule has 0 unspecified atom stereocenters. The Morgan fingerprint density at radius 2 is 1.64 bits per heavy atom. The molecule has 0 saturated heterocycles. The number of hydrogen-bond donors (Lipinski definition) is 0. The number of hydrogen-bond acceptors (Lipinski definition) is 4. The summed E-state index contributed by atoms with van der Waals surface area (Å²) < 4.78 is 16.0. The minimum Gasteiger partial charge on any atom is -0.493 e. The molecule has 2 rings (SSSR count). The van der Waals surface area contributed by atoms with Gasteiger partial charge in [-0.25, -0.2) is 0 Å². The summed E-state index contributed by atoms with van der Waals surface area (Å²) in [5.74, 6) is 1.48. The molecule has 22 heavy (non-hydrogen) atoms. The van der Waals surface area contributed by atoms with Gasteiger partial charge in [0.1, 0.15) is 12.4 Å². The first-order valence-electron chi connectivity index (χ1n) is 6.84. The highest BCUT2D eigenvalue weighted by atomic mass is 16.5. The quantitative estimate of drug-likeness (QED) is 0.733. The Labute approximate surface area is 129 Å². The molecule has 0 fully saturated rings. The average Bonchev–Trinajstić information content (AvgIpc) is 2.58. The van der Waals surface area contributed by atoms with Crippen LogP contribution in [0.15, 0.2) is 48.5 Å². The molecule has 0 atom stereocenters. The Morgan fingerprint density at radius 1 is 0.955 bits per heavy atom. The number of rotatable bonds is 7. The first kappa shape index (κ1) is 15.6. The summed E-state index contributed by atoms with van der Waals surface area (Å²) in [5.41, 5.74) is 1.51. The normalized spacial score (nSPS) is 10.5. The summed E-state index contributed by atoms with van der Waals surface area (Å²) in [6.07, 6.45) is 4.58. The molecule has 114 valence electrons. The van der Waals surface area contributed by atoms with Gasteiger partial charge in [-0.2, -0.15) is 0 Å². The van der Waals surface area contributed by atoms with Crippen LogP contribution in [-0.4, -0.2) is 27.1 Å². The van der Waals surface area contributed by atoms with Crippen molar-refractivity contribution >= 4 is 12.4 Å². The zero-order valence-electron chi connectivity index (χ0n) is 12.6. The highest BCUT2D eigenvalue weighted by Gasteiger charge is 2.11. The third kappa shape index (κ3) is 3.88. The second kappa shape index (κ2) is 7.88. The SMILES string of the molecule is COc1cc(C=O)c(OC/C=C/c2ccccc2)cc1OC. The highest BCUT2D eigenvalue weighted by Crippen LogP contribution is 2.33. The molecule has 0 aliphatic carbocycles. The van der Waals surface area contributed by atoms with Crippen LogP contribution in [0.3, 0.4) is 0 Å². The standard InChI is InChI=1S/C18H18O4/c1-20-17-11-15(13-19)16(12-18(17)21-2)22-10-6-9-14-7-4-3-5-8-14/h3-9,11-13H,10H2,1-2H3/b9-6+. The van der Waals surface area contributed by atoms with Crippen LogP contribution in [-0.2, 0) is 0 Å². The fourth-order valence-corrected chi connectivity index (χ4v) is 1.98. The molecule has 0 radical (unpaired) electrons. The second-order valence-electron chi connectivity index (χ2n) is 4.49. The van der Waals surface area contributed by atoms with Crippen LogP contribution in [0.5, 0.6) is 17.2 Å². The first-order valence-corrected chi connectivity index (χ1v) is 6.84. The molecule has 2 aromatic rings. The van der Waals surface area contributed by atoms with Gasteiger partial charge in [0.15, 0.2) is 17.8 Å². The minimum absolute atomic E-state index is 0.352. The zero-order valence-corrected chi connectivity index (χ0v) is 12.6. The number of methoxy groups -OCH3 is 2. The molecule has 0 saturated carbocycles. The number of carbonyl (C=O) groups is 1. The van der Waals surface area contributed by atoms with Crippen molar-refractivity contribution in [2.75, 3.05) is 20.8 Å². The molecule has 0 aliphatic heterocycles. The maximum absolute atomic E-state index is 11.2. The predicted octanol–water partition coefficient (Wildman–Crippen LogP) is 3.61. The van der Waals surface area contributed by atoms with Crippen molar-refractivity contribution in [2.24, 2.45) is 0 Å². The van der Waals surface area contributed by atoms with Gasteiger partial charge in [-0.15, -0.1) is 0 Å². The Balaban J connectivity index is 2.08. The van der Waals surface area contributed by atoms with E-state index in [1.165, 1.54) is 14.2 Å². The molecule has 0 bridgehead atoms. The van der Waals surface area contributed by atoms with E-state index in [1.54, 1.807) is 12.1 Å². The fourth-order valence-electron chi connectivity index (χ4n) is 1.98. The molecule has 0 heterocycles. The summed E-state index contributed by atoms with van der Waals surface area (Å²) in [6, 6.07) is 13.2. The van der Waals surface area contributed by atoms with Crippen molar-refractivity contribution in [1.82, 2.24) is 0 Å². The van der Waals surface area contributed by atoms with Crippen LogP contribution in [0.1, 0.15) is 15.9 Å². The lowest BCUT2D eigenvalue weighted by Gasteiger charge is -2.12. The largest absolute Gasteiger partial charge is 0.493 e. The van der Waals surface area contributed by atoms with Gasteiger partial charge >= 0.3 is 0 Å². The molecule has 0 spiro atoms. The van der Waals surface area contributed by atoms with Crippen molar-refractivity contribution in [2.45, 2.75) is 0 Å². The van der Waals surface area contributed by atoms with Gasteiger partial charge in [0.05, 0.1) is 19.8 Å². The van der Waals surface area contributed by atoms with Crippen LogP contribution in [0.4, 0.5) is 0 Å². The van der Waals surface area contributed by atoms with Crippen molar-refractivity contribution < 1.29 is 19.0 Å². The van der Waals surface area contributed by atoms with Gasteiger partial charge in [0.25, 0.3) is 0 Å². The molecule has 0 aromatic heterocycles. The summed E-state index contributed by atoms with van der Waals surface area (Å²) in [6.45, 7) is 0.352. The Bertz CT molecular complexity index is 648. The highest BCUT2D eigenvalue weighted by molar-refractivity contribution is 5.81. The number of carbonyl (C=O) groups excluding carboxylic acids is 1. The summed E-state index contributed by atoms with van der Waals surface area (Å²) >= 11 is 0. The van der Waals surface area contributed by atoms with Gasteiger partial charge in [-0.1, -0.05) is 36.4 Å². The van der Waals surface area contributed by atoms with E-state index in [9.17, 15) is 4.79 Å². The fraction of sp³-hybridized carbons (Fsp3) is 0.167. The maximum Gasteiger partial charge on any atom is 0.164 e. The molecule has 4 heteroatoms. The van der Waals surface area contributed by atoms with Gasteiger partial charge in [0.2, 0.25) is 0 Å². The van der Waals surface area contributed by atoms with E-state index in [4.69, 9.17) is 14.2 Å². The predicted molar refractivity (Wildman–Crippen MR) is 85.9 cm³/mol. The van der Waals surface area contributed by atoms with E-state index >= 15 is 0 Å². The summed E-state index contributed by atoms with van der Waals surface area (Å²) in [4.78, 5) is 11.2.